The molecule has 124 valence electrons. The van der Waals surface area contributed by atoms with Crippen LogP contribution in [-0.2, 0) is 13.6 Å². The van der Waals surface area contributed by atoms with Crippen molar-refractivity contribution < 1.29 is 9.53 Å². The van der Waals surface area contributed by atoms with Crippen molar-refractivity contribution in [2.24, 2.45) is 7.05 Å². The summed E-state index contributed by atoms with van der Waals surface area (Å²) < 4.78 is 7.10. The largest absolute Gasteiger partial charge is 0.464 e. The fourth-order valence-corrected chi connectivity index (χ4v) is 2.89. The summed E-state index contributed by atoms with van der Waals surface area (Å²) in [6.07, 6.45) is 1.93. The summed E-state index contributed by atoms with van der Waals surface area (Å²) in [5, 5.41) is 7.08. The number of rotatable bonds is 5. The van der Waals surface area contributed by atoms with E-state index in [4.69, 9.17) is 16.3 Å². The molecular formula is C14H17ClN4O3S. The number of nitrogens with one attached hydrogen (secondary N) is 1. The van der Waals surface area contributed by atoms with Gasteiger partial charge in [0.2, 0.25) is 0 Å². The molecule has 7 nitrogen and oxygen atoms in total. The Hall–Kier alpha value is -1.93. The molecule has 0 spiro atoms. The van der Waals surface area contributed by atoms with Crippen LogP contribution in [0.15, 0.2) is 27.9 Å². The molecule has 2 aromatic rings. The van der Waals surface area contributed by atoms with E-state index in [0.717, 1.165) is 15.1 Å². The normalized spacial score (nSPS) is 10.6. The van der Waals surface area contributed by atoms with E-state index in [1.54, 1.807) is 13.0 Å². The summed E-state index contributed by atoms with van der Waals surface area (Å²) in [5.41, 5.74) is 0.222. The summed E-state index contributed by atoms with van der Waals surface area (Å²) in [7, 11) is 1.49. The topological polar surface area (TPSA) is 78.2 Å². The van der Waals surface area contributed by atoms with Gasteiger partial charge in [-0.25, -0.2) is 14.2 Å². The molecule has 23 heavy (non-hydrogen) atoms. The third-order valence-corrected chi connectivity index (χ3v) is 4.30. The standard InChI is InChI=1S/C14H17ClN4O3S/c1-4-22-13-17-19(14(21)18(13)2)12(20)16-8-9-10(15)6-5-7-11(9)23-3/h5-7H,4,8H2,1-3H3,(H,16,20). The molecule has 0 saturated carbocycles. The SMILES string of the molecule is CCOc1nn(C(=O)NCc2c(Cl)cccc2SC)c(=O)n1C. The van der Waals surface area contributed by atoms with Crippen LogP contribution in [0.1, 0.15) is 12.5 Å². The molecule has 0 fully saturated rings. The first-order valence-electron chi connectivity index (χ1n) is 6.88. The van der Waals surface area contributed by atoms with E-state index in [2.05, 4.69) is 10.4 Å². The second-order valence-electron chi connectivity index (χ2n) is 4.55. The minimum atomic E-state index is -0.636. The third-order valence-electron chi connectivity index (χ3n) is 3.12. The molecule has 0 aliphatic carbocycles. The summed E-state index contributed by atoms with van der Waals surface area (Å²) in [6, 6.07) is 4.97. The zero-order chi connectivity index (χ0) is 17.0. The molecule has 1 heterocycles. The van der Waals surface area contributed by atoms with E-state index < -0.39 is 11.7 Å². The van der Waals surface area contributed by atoms with Crippen LogP contribution in [0.25, 0.3) is 0 Å². The minimum absolute atomic E-state index is 0.0928. The van der Waals surface area contributed by atoms with Gasteiger partial charge in [0, 0.05) is 29.1 Å². The van der Waals surface area contributed by atoms with Crippen LogP contribution in [0.5, 0.6) is 6.01 Å². The quantitative estimate of drug-likeness (QED) is 0.830. The number of carbonyl (C=O) groups excluding carboxylic acids is 1. The Kier molecular flexibility index (Phi) is 5.73. The lowest BCUT2D eigenvalue weighted by molar-refractivity contribution is 0.237. The van der Waals surface area contributed by atoms with Crippen LogP contribution in [-0.4, -0.2) is 33.2 Å². The lowest BCUT2D eigenvalue weighted by Gasteiger charge is -2.10. The second kappa shape index (κ2) is 7.56. The maximum atomic E-state index is 12.2. The maximum absolute atomic E-state index is 12.2. The highest BCUT2D eigenvalue weighted by atomic mass is 35.5. The van der Waals surface area contributed by atoms with Gasteiger partial charge in [-0.15, -0.1) is 21.5 Å². The number of aromatic nitrogens is 3. The zero-order valence-electron chi connectivity index (χ0n) is 13.0. The lowest BCUT2D eigenvalue weighted by atomic mass is 10.2. The van der Waals surface area contributed by atoms with Crippen LogP contribution >= 0.6 is 23.4 Å². The van der Waals surface area contributed by atoms with Crippen molar-refractivity contribution in [3.8, 4) is 6.01 Å². The van der Waals surface area contributed by atoms with E-state index in [9.17, 15) is 9.59 Å². The van der Waals surface area contributed by atoms with Crippen molar-refractivity contribution in [2.75, 3.05) is 12.9 Å². The fourth-order valence-electron chi connectivity index (χ4n) is 1.95. The molecule has 0 saturated heterocycles. The Bertz CT molecular complexity index is 772. The van der Waals surface area contributed by atoms with Crippen molar-refractivity contribution in [3.05, 3.63) is 39.3 Å². The molecule has 2 rings (SSSR count). The van der Waals surface area contributed by atoms with Gasteiger partial charge in [0.05, 0.1) is 6.61 Å². The van der Waals surface area contributed by atoms with Gasteiger partial charge in [0.25, 0.3) is 0 Å². The Morgan fingerprint density at radius 2 is 2.22 bits per heavy atom. The number of ether oxygens (including phenoxy) is 1. The molecule has 0 aliphatic heterocycles. The Morgan fingerprint density at radius 3 is 2.87 bits per heavy atom. The first-order valence-corrected chi connectivity index (χ1v) is 8.48. The first kappa shape index (κ1) is 17.4. The number of benzene rings is 1. The van der Waals surface area contributed by atoms with Crippen molar-refractivity contribution in [3.63, 3.8) is 0 Å². The number of nitrogens with zero attached hydrogens (tertiary/aromatic N) is 3. The summed E-state index contributed by atoms with van der Waals surface area (Å²) in [6.45, 7) is 2.31. The highest BCUT2D eigenvalue weighted by Crippen LogP contribution is 2.26. The highest BCUT2D eigenvalue weighted by molar-refractivity contribution is 7.98. The van der Waals surface area contributed by atoms with Crippen LogP contribution in [0.4, 0.5) is 4.79 Å². The number of hydrogen-bond donors (Lipinski definition) is 1. The van der Waals surface area contributed by atoms with Crippen molar-refractivity contribution in [1.82, 2.24) is 19.7 Å². The van der Waals surface area contributed by atoms with Gasteiger partial charge in [0.1, 0.15) is 0 Å². The molecule has 0 unspecified atom stereocenters. The summed E-state index contributed by atoms with van der Waals surface area (Å²) >= 11 is 7.70. The molecule has 0 bridgehead atoms. The van der Waals surface area contributed by atoms with Crippen molar-refractivity contribution in [2.45, 2.75) is 18.4 Å². The van der Waals surface area contributed by atoms with E-state index in [-0.39, 0.29) is 12.6 Å². The van der Waals surface area contributed by atoms with Crippen molar-refractivity contribution >= 4 is 29.4 Å². The minimum Gasteiger partial charge on any atom is -0.464 e. The van der Waals surface area contributed by atoms with E-state index in [1.165, 1.54) is 23.4 Å². The average molecular weight is 357 g/mol. The second-order valence-corrected chi connectivity index (χ2v) is 5.80. The molecule has 1 amide bonds. The number of amides is 1. The van der Waals surface area contributed by atoms with Gasteiger partial charge in [0.15, 0.2) is 0 Å². The molecule has 0 atom stereocenters. The van der Waals surface area contributed by atoms with Crippen LogP contribution in [0.2, 0.25) is 5.02 Å². The zero-order valence-corrected chi connectivity index (χ0v) is 14.6. The first-order chi connectivity index (χ1) is 11.0. The molecular weight excluding hydrogens is 340 g/mol. The Labute approximate surface area is 142 Å². The fraction of sp³-hybridized carbons (Fsp3) is 0.357. The van der Waals surface area contributed by atoms with E-state index in [0.29, 0.717) is 11.6 Å². The number of carbonyl (C=O) groups is 1. The third kappa shape index (κ3) is 3.70. The van der Waals surface area contributed by atoms with Gasteiger partial charge in [-0.1, -0.05) is 17.7 Å². The Morgan fingerprint density at radius 1 is 1.48 bits per heavy atom. The van der Waals surface area contributed by atoms with Gasteiger partial charge in [-0.2, -0.15) is 0 Å². The lowest BCUT2D eigenvalue weighted by Crippen LogP contribution is -2.37. The molecule has 0 radical (unpaired) electrons. The smallest absolute Gasteiger partial charge is 0.357 e. The maximum Gasteiger partial charge on any atom is 0.357 e. The van der Waals surface area contributed by atoms with Crippen molar-refractivity contribution in [1.29, 1.82) is 0 Å². The van der Waals surface area contributed by atoms with Gasteiger partial charge >= 0.3 is 17.7 Å². The van der Waals surface area contributed by atoms with Crippen LogP contribution < -0.4 is 15.7 Å². The summed E-state index contributed by atoms with van der Waals surface area (Å²) in [5.74, 6) is 0. The van der Waals surface area contributed by atoms with Gasteiger partial charge < -0.3 is 10.1 Å². The molecule has 0 aliphatic rings. The number of hydrogen-bond acceptors (Lipinski definition) is 5. The molecule has 1 aromatic heterocycles. The van der Waals surface area contributed by atoms with Gasteiger partial charge in [-0.3, -0.25) is 0 Å². The predicted molar refractivity (Wildman–Crippen MR) is 89.5 cm³/mol. The van der Waals surface area contributed by atoms with Gasteiger partial charge in [-0.05, 0) is 25.3 Å². The van der Waals surface area contributed by atoms with E-state index >= 15 is 0 Å². The van der Waals surface area contributed by atoms with E-state index in [1.807, 2.05) is 18.4 Å². The molecule has 9 heteroatoms. The average Bonchev–Trinajstić information content (AvgIpc) is 2.82. The Balaban J connectivity index is 2.18. The highest BCUT2D eigenvalue weighted by Gasteiger charge is 2.17. The number of halogens is 1. The number of thioether (sulfide) groups is 1. The molecule has 1 N–H and O–H groups in total. The predicted octanol–water partition coefficient (Wildman–Crippen LogP) is 2.11. The summed E-state index contributed by atoms with van der Waals surface area (Å²) in [4.78, 5) is 25.1. The monoisotopic (exact) mass is 356 g/mol. The van der Waals surface area contributed by atoms with Crippen LogP contribution in [0.3, 0.4) is 0 Å². The molecule has 1 aromatic carbocycles. The van der Waals surface area contributed by atoms with Crippen LogP contribution in [0, 0.1) is 0 Å².